The van der Waals surface area contributed by atoms with Gasteiger partial charge in [0.05, 0.1) is 12.9 Å². The van der Waals surface area contributed by atoms with E-state index >= 15 is 0 Å². The second-order valence-corrected chi connectivity index (χ2v) is 8.23. The van der Waals surface area contributed by atoms with Crippen LogP contribution in [0, 0.1) is 0 Å². The van der Waals surface area contributed by atoms with Gasteiger partial charge in [0, 0.05) is 7.11 Å². The fourth-order valence-electron chi connectivity index (χ4n) is 1.01. The van der Waals surface area contributed by atoms with Crippen molar-refractivity contribution in [2.75, 3.05) is 13.7 Å². The largest absolute Gasteiger partial charge is 0.513 e. The summed E-state index contributed by atoms with van der Waals surface area (Å²) in [5.74, 6) is 0. The number of hydrogen-bond acceptors (Lipinski definition) is 4. The van der Waals surface area contributed by atoms with Gasteiger partial charge in [-0.1, -0.05) is 13.0 Å². The van der Waals surface area contributed by atoms with Crippen LogP contribution in [0.25, 0.3) is 0 Å². The summed E-state index contributed by atoms with van der Waals surface area (Å²) in [7, 11) is 0.297. The van der Waals surface area contributed by atoms with E-state index in [0.717, 1.165) is 25.1 Å². The monoisotopic (exact) mass is 232 g/mol. The van der Waals surface area contributed by atoms with Gasteiger partial charge < -0.3 is 13.9 Å². The quantitative estimate of drug-likeness (QED) is 0.293. The Hall–Kier alpha value is -0.813. The van der Waals surface area contributed by atoms with Gasteiger partial charge in [-0.05, 0) is 25.6 Å². The maximum Gasteiger partial charge on any atom is 0.513 e. The van der Waals surface area contributed by atoms with Gasteiger partial charge in [0.2, 0.25) is 0 Å². The van der Waals surface area contributed by atoms with Crippen LogP contribution in [0.5, 0.6) is 0 Å². The molecule has 0 unspecified atom stereocenters. The molecule has 0 amide bonds. The number of rotatable bonds is 7. The lowest BCUT2D eigenvalue weighted by molar-refractivity contribution is 0.0838. The van der Waals surface area contributed by atoms with Crippen LogP contribution in [-0.4, -0.2) is 28.2 Å². The minimum absolute atomic E-state index is 0.390. The van der Waals surface area contributed by atoms with Crippen LogP contribution in [0.3, 0.4) is 0 Å². The van der Waals surface area contributed by atoms with Crippen molar-refractivity contribution in [3.63, 3.8) is 0 Å². The van der Waals surface area contributed by atoms with Crippen molar-refractivity contribution < 1.29 is 18.7 Å². The second-order valence-electron chi connectivity index (χ2n) is 3.80. The molecule has 0 radical (unpaired) electrons. The predicted molar refractivity (Wildman–Crippen MR) is 61.2 cm³/mol. The molecule has 0 aliphatic carbocycles. The third-order valence-corrected chi connectivity index (χ3v) is 4.79. The molecule has 0 aromatic rings. The van der Waals surface area contributed by atoms with E-state index in [2.05, 4.69) is 24.4 Å². The van der Waals surface area contributed by atoms with Crippen LogP contribution in [-0.2, 0) is 13.9 Å². The number of carbonyl (C=O) groups is 1. The summed E-state index contributed by atoms with van der Waals surface area (Å²) in [4.78, 5) is 10.7. The molecule has 0 atom stereocenters. The van der Waals surface area contributed by atoms with Crippen molar-refractivity contribution in [1.82, 2.24) is 0 Å². The highest BCUT2D eigenvalue weighted by molar-refractivity contribution is 6.71. The Morgan fingerprint density at radius 1 is 1.40 bits per heavy atom. The van der Waals surface area contributed by atoms with Crippen LogP contribution in [0.1, 0.15) is 12.8 Å². The van der Waals surface area contributed by atoms with Crippen molar-refractivity contribution in [3.8, 4) is 0 Å². The molecule has 0 aliphatic heterocycles. The highest BCUT2D eigenvalue weighted by atomic mass is 28.4. The van der Waals surface area contributed by atoms with Crippen LogP contribution in [0.2, 0.25) is 19.1 Å². The molecule has 0 saturated heterocycles. The standard InChI is InChI=1S/C10H20O4Si/c1-5-13-10(11)14-8-6-7-9-15(3,4)12-2/h5H,1,6-9H2,2-4H3. The zero-order chi connectivity index (χ0) is 11.7. The molecule has 0 heterocycles. The lowest BCUT2D eigenvalue weighted by Crippen LogP contribution is -2.28. The molecule has 0 saturated carbocycles. The normalized spacial score (nSPS) is 10.9. The number of carbonyl (C=O) groups excluding carboxylic acids is 1. The first-order chi connectivity index (χ1) is 7.02. The minimum atomic E-state index is -1.46. The summed E-state index contributed by atoms with van der Waals surface area (Å²) in [5.41, 5.74) is 0. The Morgan fingerprint density at radius 2 is 2.07 bits per heavy atom. The molecule has 4 nitrogen and oxygen atoms in total. The molecule has 0 N–H and O–H groups in total. The van der Waals surface area contributed by atoms with E-state index in [1.54, 1.807) is 7.11 Å². The lowest BCUT2D eigenvalue weighted by Gasteiger charge is -2.19. The molecule has 5 heteroatoms. The Bertz CT molecular complexity index is 204. The highest BCUT2D eigenvalue weighted by Crippen LogP contribution is 2.13. The van der Waals surface area contributed by atoms with Gasteiger partial charge in [0.1, 0.15) is 0 Å². The fraction of sp³-hybridized carbons (Fsp3) is 0.700. The average Bonchev–Trinajstić information content (AvgIpc) is 2.17. The van der Waals surface area contributed by atoms with Crippen LogP contribution in [0.4, 0.5) is 4.79 Å². The minimum Gasteiger partial charge on any atom is -0.434 e. The summed E-state index contributed by atoms with van der Waals surface area (Å²) < 4.78 is 14.6. The van der Waals surface area contributed by atoms with Crippen molar-refractivity contribution in [3.05, 3.63) is 12.8 Å². The van der Waals surface area contributed by atoms with Gasteiger partial charge in [-0.25, -0.2) is 4.79 Å². The van der Waals surface area contributed by atoms with Gasteiger partial charge in [-0.3, -0.25) is 0 Å². The number of ether oxygens (including phenoxy) is 2. The zero-order valence-electron chi connectivity index (χ0n) is 9.75. The molecule has 0 fully saturated rings. The maximum atomic E-state index is 10.7. The Morgan fingerprint density at radius 3 is 2.60 bits per heavy atom. The van der Waals surface area contributed by atoms with E-state index in [9.17, 15) is 4.79 Å². The van der Waals surface area contributed by atoms with Crippen molar-refractivity contribution in [1.29, 1.82) is 0 Å². The van der Waals surface area contributed by atoms with Crippen molar-refractivity contribution in [2.24, 2.45) is 0 Å². The smallest absolute Gasteiger partial charge is 0.434 e. The molecule has 0 bridgehead atoms. The third-order valence-electron chi connectivity index (χ3n) is 2.13. The molecule has 88 valence electrons. The predicted octanol–water partition coefficient (Wildman–Crippen LogP) is 2.91. The summed E-state index contributed by atoms with van der Waals surface area (Å²) in [6.45, 7) is 7.98. The topological polar surface area (TPSA) is 44.8 Å². The van der Waals surface area contributed by atoms with E-state index in [0.29, 0.717) is 6.61 Å². The van der Waals surface area contributed by atoms with Crippen LogP contribution in [0.15, 0.2) is 12.8 Å². The second kappa shape index (κ2) is 7.47. The third kappa shape index (κ3) is 8.20. The van der Waals surface area contributed by atoms with Gasteiger partial charge in [0.15, 0.2) is 8.32 Å². The van der Waals surface area contributed by atoms with E-state index in [4.69, 9.17) is 9.16 Å². The number of unbranched alkanes of at least 4 members (excludes halogenated alkanes) is 1. The lowest BCUT2D eigenvalue weighted by atomic mass is 10.4. The first-order valence-corrected chi connectivity index (χ1v) is 8.13. The highest BCUT2D eigenvalue weighted by Gasteiger charge is 2.19. The molecular weight excluding hydrogens is 212 g/mol. The summed E-state index contributed by atoms with van der Waals surface area (Å²) in [5, 5.41) is 0. The summed E-state index contributed by atoms with van der Waals surface area (Å²) in [6.07, 6.45) is 2.22. The summed E-state index contributed by atoms with van der Waals surface area (Å²) >= 11 is 0. The Balaban J connectivity index is 3.39. The molecular formula is C10H20O4Si. The Kier molecular flexibility index (Phi) is 7.07. The van der Waals surface area contributed by atoms with Crippen LogP contribution >= 0.6 is 0 Å². The van der Waals surface area contributed by atoms with Crippen LogP contribution < -0.4 is 0 Å². The first-order valence-electron chi connectivity index (χ1n) is 5.01. The van der Waals surface area contributed by atoms with Gasteiger partial charge >= 0.3 is 6.16 Å². The fourth-order valence-corrected chi connectivity index (χ4v) is 2.32. The van der Waals surface area contributed by atoms with Crippen molar-refractivity contribution in [2.45, 2.75) is 32.0 Å². The first kappa shape index (κ1) is 14.2. The van der Waals surface area contributed by atoms with Gasteiger partial charge in [-0.2, -0.15) is 0 Å². The molecule has 0 aromatic heterocycles. The summed E-state index contributed by atoms with van der Waals surface area (Å²) in [6, 6.07) is 1.07. The molecule has 0 rings (SSSR count). The van der Waals surface area contributed by atoms with Gasteiger partial charge in [-0.15, -0.1) is 0 Å². The molecule has 0 spiro atoms. The maximum absolute atomic E-state index is 10.7. The molecule has 0 aliphatic rings. The molecule has 15 heavy (non-hydrogen) atoms. The van der Waals surface area contributed by atoms with E-state index in [1.165, 1.54) is 0 Å². The van der Waals surface area contributed by atoms with E-state index < -0.39 is 14.5 Å². The number of hydrogen-bond donors (Lipinski definition) is 0. The van der Waals surface area contributed by atoms with E-state index in [1.807, 2.05) is 0 Å². The average molecular weight is 232 g/mol. The van der Waals surface area contributed by atoms with E-state index in [-0.39, 0.29) is 0 Å². The molecule has 0 aromatic carbocycles. The Labute approximate surface area is 92.3 Å². The van der Waals surface area contributed by atoms with Gasteiger partial charge in [0.25, 0.3) is 0 Å². The van der Waals surface area contributed by atoms with Crippen molar-refractivity contribution >= 4 is 14.5 Å². The zero-order valence-corrected chi connectivity index (χ0v) is 10.7. The SMILES string of the molecule is C=COC(=O)OCCCC[Si](C)(C)OC.